The van der Waals surface area contributed by atoms with Crippen molar-refractivity contribution in [3.63, 3.8) is 0 Å². The summed E-state index contributed by atoms with van der Waals surface area (Å²) >= 11 is 0. The number of phosphoric acid groups is 1. The van der Waals surface area contributed by atoms with E-state index in [-0.39, 0.29) is 19.1 Å². The minimum Gasteiger partial charge on any atom is -0.756 e. The average molecular weight is 563 g/mol. The molecule has 1 amide bonds. The molecule has 0 aliphatic carbocycles. The number of likely N-dealkylation sites (N-methyl/N-ethyl adjacent to an activating group) is 1. The highest BCUT2D eigenvalue weighted by molar-refractivity contribution is 7.45. The van der Waals surface area contributed by atoms with E-state index in [9.17, 15) is 19.4 Å². The Balaban J connectivity index is 4.67. The van der Waals surface area contributed by atoms with Crippen LogP contribution in [-0.2, 0) is 18.4 Å². The number of phosphoric ester groups is 1. The fourth-order valence-corrected chi connectivity index (χ4v) is 4.69. The van der Waals surface area contributed by atoms with Crippen molar-refractivity contribution in [2.24, 2.45) is 0 Å². The third-order valence-electron chi connectivity index (χ3n) is 6.50. The Morgan fingerprint density at radius 1 is 0.895 bits per heavy atom. The van der Waals surface area contributed by atoms with Gasteiger partial charge < -0.3 is 28.8 Å². The van der Waals surface area contributed by atoms with Crippen LogP contribution in [0, 0.1) is 0 Å². The van der Waals surface area contributed by atoms with Crippen LogP contribution < -0.4 is 10.2 Å². The van der Waals surface area contributed by atoms with Gasteiger partial charge in [-0.15, -0.1) is 0 Å². The maximum absolute atomic E-state index is 12.6. The van der Waals surface area contributed by atoms with Crippen molar-refractivity contribution in [3.05, 3.63) is 12.2 Å². The number of quaternary nitrogens is 1. The van der Waals surface area contributed by atoms with Crippen LogP contribution in [-0.4, -0.2) is 68.5 Å². The summed E-state index contributed by atoms with van der Waals surface area (Å²) in [4.78, 5) is 24.8. The summed E-state index contributed by atoms with van der Waals surface area (Å²) < 4.78 is 22.8. The van der Waals surface area contributed by atoms with Crippen molar-refractivity contribution in [3.8, 4) is 0 Å². The number of nitrogens with zero attached hydrogens (tertiary/aromatic N) is 1. The van der Waals surface area contributed by atoms with Gasteiger partial charge >= 0.3 is 0 Å². The SMILES string of the molecule is CCCCCCC/C=C/C(O)C(COP(=O)([O-])OCC[N+](C)(C)C)NC(=O)CCCCCCCCCCC. The fraction of sp³-hybridized carbons (Fsp3) is 0.897. The average Bonchev–Trinajstić information content (AvgIpc) is 2.84. The van der Waals surface area contributed by atoms with Gasteiger partial charge in [0.15, 0.2) is 0 Å². The number of aliphatic hydroxyl groups excluding tert-OH is 1. The first-order chi connectivity index (χ1) is 18.0. The van der Waals surface area contributed by atoms with Crippen molar-refractivity contribution in [2.75, 3.05) is 40.9 Å². The number of unbranched alkanes of at least 4 members (excludes halogenated alkanes) is 13. The molecule has 0 heterocycles. The number of carbonyl (C=O) groups is 1. The molecule has 0 spiro atoms. The van der Waals surface area contributed by atoms with E-state index in [0.717, 1.165) is 38.5 Å². The van der Waals surface area contributed by atoms with Gasteiger partial charge in [0.1, 0.15) is 13.2 Å². The monoisotopic (exact) mass is 562 g/mol. The Morgan fingerprint density at radius 2 is 1.42 bits per heavy atom. The van der Waals surface area contributed by atoms with Crippen LogP contribution in [0.25, 0.3) is 0 Å². The predicted molar refractivity (Wildman–Crippen MR) is 155 cm³/mol. The number of amides is 1. The standard InChI is InChI=1S/C29H59N2O6P/c1-6-8-10-12-14-15-17-19-21-23-29(33)30-27(28(32)22-20-18-16-13-11-9-7-2)26-37-38(34,35)36-25-24-31(3,4)5/h20,22,27-28,32H,6-19,21,23-26H2,1-5H3,(H-,30,33,34,35)/b22-20+. The second kappa shape index (κ2) is 23.0. The van der Waals surface area contributed by atoms with Gasteiger partial charge in [0, 0.05) is 6.42 Å². The van der Waals surface area contributed by atoms with E-state index in [1.807, 2.05) is 27.2 Å². The minimum absolute atomic E-state index is 0.000392. The van der Waals surface area contributed by atoms with Crippen LogP contribution in [0.3, 0.4) is 0 Å². The van der Waals surface area contributed by atoms with E-state index in [1.165, 1.54) is 57.8 Å². The molecule has 0 rings (SSSR count). The smallest absolute Gasteiger partial charge is 0.268 e. The number of hydrogen-bond acceptors (Lipinski definition) is 6. The molecule has 0 fully saturated rings. The zero-order chi connectivity index (χ0) is 28.7. The normalized spacial score (nSPS) is 15.4. The summed E-state index contributed by atoms with van der Waals surface area (Å²) in [5.41, 5.74) is 0. The van der Waals surface area contributed by atoms with E-state index in [0.29, 0.717) is 17.4 Å². The highest BCUT2D eigenvalue weighted by Crippen LogP contribution is 2.38. The van der Waals surface area contributed by atoms with Crippen LogP contribution in [0.5, 0.6) is 0 Å². The first kappa shape index (κ1) is 37.2. The van der Waals surface area contributed by atoms with Gasteiger partial charge in [0.2, 0.25) is 5.91 Å². The molecule has 3 atom stereocenters. The molecule has 8 nitrogen and oxygen atoms in total. The highest BCUT2D eigenvalue weighted by atomic mass is 31.2. The zero-order valence-corrected chi connectivity index (χ0v) is 26.0. The van der Waals surface area contributed by atoms with Gasteiger partial charge in [-0.1, -0.05) is 103 Å². The Bertz CT molecular complexity index is 653. The molecule has 0 radical (unpaired) electrons. The molecule has 0 saturated heterocycles. The van der Waals surface area contributed by atoms with Crippen LogP contribution in [0.15, 0.2) is 12.2 Å². The lowest BCUT2D eigenvalue weighted by atomic mass is 10.1. The van der Waals surface area contributed by atoms with E-state index in [4.69, 9.17) is 9.05 Å². The molecule has 3 unspecified atom stereocenters. The third-order valence-corrected chi connectivity index (χ3v) is 7.46. The van der Waals surface area contributed by atoms with Gasteiger partial charge in [-0.2, -0.15) is 0 Å². The number of carbonyl (C=O) groups excluding carboxylic acids is 1. The van der Waals surface area contributed by atoms with Gasteiger partial charge in [-0.25, -0.2) is 0 Å². The van der Waals surface area contributed by atoms with Crippen molar-refractivity contribution in [1.29, 1.82) is 0 Å². The predicted octanol–water partition coefficient (Wildman–Crippen LogP) is 5.88. The molecular weight excluding hydrogens is 503 g/mol. The molecule has 0 bridgehead atoms. The van der Waals surface area contributed by atoms with Gasteiger partial charge in [0.05, 0.1) is 39.9 Å². The molecule has 0 aromatic carbocycles. The largest absolute Gasteiger partial charge is 0.756 e. The van der Waals surface area contributed by atoms with Crippen LogP contribution in [0.4, 0.5) is 0 Å². The van der Waals surface area contributed by atoms with Gasteiger partial charge in [-0.3, -0.25) is 9.36 Å². The van der Waals surface area contributed by atoms with E-state index >= 15 is 0 Å². The molecule has 2 N–H and O–H groups in total. The van der Waals surface area contributed by atoms with Crippen LogP contribution in [0.2, 0.25) is 0 Å². The highest BCUT2D eigenvalue weighted by Gasteiger charge is 2.23. The Morgan fingerprint density at radius 3 is 1.97 bits per heavy atom. The first-order valence-electron chi connectivity index (χ1n) is 15.1. The lowest BCUT2D eigenvalue weighted by Crippen LogP contribution is -2.45. The topological polar surface area (TPSA) is 108 Å². The second-order valence-electron chi connectivity index (χ2n) is 11.5. The quantitative estimate of drug-likeness (QED) is 0.0590. The summed E-state index contributed by atoms with van der Waals surface area (Å²) in [6, 6.07) is -0.873. The molecule has 226 valence electrons. The van der Waals surface area contributed by atoms with Crippen molar-refractivity contribution in [1.82, 2.24) is 5.32 Å². The van der Waals surface area contributed by atoms with Crippen LogP contribution >= 0.6 is 7.82 Å². The summed E-state index contributed by atoms with van der Waals surface area (Å²) in [5.74, 6) is -0.208. The molecule has 0 aliphatic heterocycles. The Labute approximate surface area is 233 Å². The van der Waals surface area contributed by atoms with Crippen molar-refractivity contribution in [2.45, 2.75) is 129 Å². The zero-order valence-electron chi connectivity index (χ0n) is 25.1. The number of nitrogens with one attached hydrogen (secondary N) is 1. The summed E-state index contributed by atoms with van der Waals surface area (Å²) in [6.45, 7) is 4.51. The second-order valence-corrected chi connectivity index (χ2v) is 12.9. The van der Waals surface area contributed by atoms with Gasteiger partial charge in [-0.05, 0) is 19.3 Å². The van der Waals surface area contributed by atoms with Crippen LogP contribution in [0.1, 0.15) is 117 Å². The summed E-state index contributed by atoms with van der Waals surface area (Å²) in [7, 11) is 1.25. The number of allylic oxidation sites excluding steroid dienone is 1. The lowest BCUT2D eigenvalue weighted by molar-refractivity contribution is -0.870. The lowest BCUT2D eigenvalue weighted by Gasteiger charge is -2.29. The first-order valence-corrected chi connectivity index (χ1v) is 16.5. The molecular formula is C29H59N2O6P. The number of rotatable bonds is 26. The summed E-state index contributed by atoms with van der Waals surface area (Å²) in [6.07, 6.45) is 19.9. The maximum atomic E-state index is 12.6. The van der Waals surface area contributed by atoms with E-state index in [2.05, 4.69) is 19.2 Å². The number of hydrogen-bond donors (Lipinski definition) is 2. The van der Waals surface area contributed by atoms with E-state index in [1.54, 1.807) is 6.08 Å². The van der Waals surface area contributed by atoms with E-state index < -0.39 is 20.0 Å². The van der Waals surface area contributed by atoms with Crippen molar-refractivity contribution < 1.29 is 32.9 Å². The molecule has 0 aromatic rings. The minimum atomic E-state index is -4.55. The number of aliphatic hydroxyl groups is 1. The Hall–Kier alpha value is -0.760. The van der Waals surface area contributed by atoms with Gasteiger partial charge in [0.25, 0.3) is 7.82 Å². The molecule has 38 heavy (non-hydrogen) atoms. The summed E-state index contributed by atoms with van der Waals surface area (Å²) in [5, 5.41) is 13.5. The molecule has 0 saturated carbocycles. The molecule has 9 heteroatoms. The molecule has 0 aliphatic rings. The molecule has 0 aromatic heterocycles. The Kier molecular flexibility index (Phi) is 22.5. The fourth-order valence-electron chi connectivity index (χ4n) is 3.97. The maximum Gasteiger partial charge on any atom is 0.268 e. The van der Waals surface area contributed by atoms with Crippen molar-refractivity contribution >= 4 is 13.7 Å². The third kappa shape index (κ3) is 24.3.